The van der Waals surface area contributed by atoms with E-state index in [1.807, 2.05) is 6.92 Å². The van der Waals surface area contributed by atoms with E-state index in [0.717, 1.165) is 65.3 Å². The van der Waals surface area contributed by atoms with Crippen LogP contribution < -0.4 is 5.32 Å². The Morgan fingerprint density at radius 1 is 1.29 bits per heavy atom. The van der Waals surface area contributed by atoms with Gasteiger partial charge < -0.3 is 19.5 Å². The largest absolute Gasteiger partial charge is 0.381 e. The maximum Gasteiger partial charge on any atom is 0.0741 e. The van der Waals surface area contributed by atoms with Crippen LogP contribution in [0.25, 0.3) is 0 Å². The molecule has 0 aromatic carbocycles. The van der Waals surface area contributed by atoms with Crippen LogP contribution in [-0.2, 0) is 14.2 Å². The monoisotopic (exact) mass is 243 g/mol. The highest BCUT2D eigenvalue weighted by Crippen LogP contribution is 2.34. The standard InChI is InChI=1S/C13H25NO3/c1-2-15-10-6-14-12-3-7-17-13(11-12)4-8-16-9-5-13/h12,14H,2-11H2,1H3. The van der Waals surface area contributed by atoms with Gasteiger partial charge in [-0.25, -0.2) is 0 Å². The van der Waals surface area contributed by atoms with E-state index < -0.39 is 0 Å². The SMILES string of the molecule is CCOCCNC1CCOC2(CCOCC2)C1. The molecule has 2 saturated heterocycles. The quantitative estimate of drug-likeness (QED) is 0.740. The molecule has 2 rings (SSSR count). The molecule has 1 atom stereocenters. The van der Waals surface area contributed by atoms with Crippen molar-refractivity contribution in [3.8, 4) is 0 Å². The second kappa shape index (κ2) is 6.69. The second-order valence-corrected chi connectivity index (χ2v) is 4.98. The van der Waals surface area contributed by atoms with E-state index >= 15 is 0 Å². The summed E-state index contributed by atoms with van der Waals surface area (Å²) in [6, 6.07) is 0.585. The van der Waals surface area contributed by atoms with Gasteiger partial charge in [0.2, 0.25) is 0 Å². The van der Waals surface area contributed by atoms with E-state index in [2.05, 4.69) is 5.32 Å². The van der Waals surface area contributed by atoms with Gasteiger partial charge in [-0.05, 0) is 32.6 Å². The van der Waals surface area contributed by atoms with Crippen LogP contribution in [0.3, 0.4) is 0 Å². The Kier molecular flexibility index (Phi) is 5.22. The number of hydrogen-bond donors (Lipinski definition) is 1. The predicted molar refractivity (Wildman–Crippen MR) is 66.3 cm³/mol. The van der Waals surface area contributed by atoms with Gasteiger partial charge in [-0.3, -0.25) is 0 Å². The van der Waals surface area contributed by atoms with Crippen LogP contribution in [0.5, 0.6) is 0 Å². The number of hydrogen-bond acceptors (Lipinski definition) is 4. The molecule has 0 radical (unpaired) electrons. The predicted octanol–water partition coefficient (Wildman–Crippen LogP) is 1.34. The minimum Gasteiger partial charge on any atom is -0.381 e. The summed E-state index contributed by atoms with van der Waals surface area (Å²) in [5, 5.41) is 3.58. The summed E-state index contributed by atoms with van der Waals surface area (Å²) in [5.41, 5.74) is 0.0970. The Labute approximate surface area is 104 Å². The van der Waals surface area contributed by atoms with Gasteiger partial charge in [-0.1, -0.05) is 0 Å². The summed E-state index contributed by atoms with van der Waals surface area (Å²) in [7, 11) is 0. The van der Waals surface area contributed by atoms with Crippen LogP contribution >= 0.6 is 0 Å². The number of rotatable bonds is 5. The molecule has 2 heterocycles. The molecule has 0 amide bonds. The van der Waals surface area contributed by atoms with E-state index in [0.29, 0.717) is 6.04 Å². The van der Waals surface area contributed by atoms with Crippen LogP contribution in [0.2, 0.25) is 0 Å². The molecule has 0 aliphatic carbocycles. The first-order valence-electron chi connectivity index (χ1n) is 6.87. The Bertz CT molecular complexity index is 211. The summed E-state index contributed by atoms with van der Waals surface area (Å²) in [5.74, 6) is 0. The average Bonchev–Trinajstić information content (AvgIpc) is 2.36. The molecule has 0 saturated carbocycles. The summed E-state index contributed by atoms with van der Waals surface area (Å²) in [6.07, 6.45) is 4.35. The third kappa shape index (κ3) is 3.91. The molecule has 4 heteroatoms. The van der Waals surface area contributed by atoms with Crippen LogP contribution in [0, 0.1) is 0 Å². The Balaban J connectivity index is 1.72. The molecule has 17 heavy (non-hydrogen) atoms. The Morgan fingerprint density at radius 2 is 2.12 bits per heavy atom. The van der Waals surface area contributed by atoms with Crippen molar-refractivity contribution in [2.24, 2.45) is 0 Å². The summed E-state index contributed by atoms with van der Waals surface area (Å²) >= 11 is 0. The first-order chi connectivity index (χ1) is 8.35. The van der Waals surface area contributed by atoms with E-state index in [9.17, 15) is 0 Å². The molecule has 1 N–H and O–H groups in total. The molecular weight excluding hydrogens is 218 g/mol. The van der Waals surface area contributed by atoms with Gasteiger partial charge in [0.05, 0.1) is 12.2 Å². The highest BCUT2D eigenvalue weighted by Gasteiger charge is 2.38. The maximum atomic E-state index is 6.01. The Hall–Kier alpha value is -0.160. The zero-order chi connectivity index (χ0) is 12.0. The van der Waals surface area contributed by atoms with E-state index in [-0.39, 0.29) is 5.60 Å². The highest BCUT2D eigenvalue weighted by molar-refractivity contribution is 4.91. The molecule has 1 unspecified atom stereocenters. The molecule has 2 aliphatic rings. The first-order valence-corrected chi connectivity index (χ1v) is 6.87. The van der Waals surface area contributed by atoms with Crippen LogP contribution in [0.1, 0.15) is 32.6 Å². The van der Waals surface area contributed by atoms with Crippen molar-refractivity contribution < 1.29 is 14.2 Å². The lowest BCUT2D eigenvalue weighted by molar-refractivity contribution is -0.140. The molecule has 2 fully saturated rings. The van der Waals surface area contributed by atoms with Gasteiger partial charge in [0.15, 0.2) is 0 Å². The van der Waals surface area contributed by atoms with Gasteiger partial charge in [0.1, 0.15) is 0 Å². The minimum absolute atomic E-state index is 0.0970. The highest BCUT2D eigenvalue weighted by atomic mass is 16.5. The smallest absolute Gasteiger partial charge is 0.0741 e. The molecule has 100 valence electrons. The van der Waals surface area contributed by atoms with E-state index in [1.54, 1.807) is 0 Å². The molecule has 0 bridgehead atoms. The zero-order valence-electron chi connectivity index (χ0n) is 10.9. The van der Waals surface area contributed by atoms with Crippen molar-refractivity contribution in [1.29, 1.82) is 0 Å². The van der Waals surface area contributed by atoms with Gasteiger partial charge in [0.25, 0.3) is 0 Å². The molecule has 1 spiro atoms. The maximum absolute atomic E-state index is 6.01. The lowest BCUT2D eigenvalue weighted by Crippen LogP contribution is -2.50. The number of nitrogens with one attached hydrogen (secondary N) is 1. The van der Waals surface area contributed by atoms with Crippen molar-refractivity contribution in [2.45, 2.75) is 44.2 Å². The Morgan fingerprint density at radius 3 is 2.88 bits per heavy atom. The van der Waals surface area contributed by atoms with E-state index in [4.69, 9.17) is 14.2 Å². The molecular formula is C13H25NO3. The fourth-order valence-corrected chi connectivity index (χ4v) is 2.77. The van der Waals surface area contributed by atoms with Crippen molar-refractivity contribution in [3.05, 3.63) is 0 Å². The van der Waals surface area contributed by atoms with Crippen molar-refractivity contribution in [1.82, 2.24) is 5.32 Å². The molecule has 0 aromatic rings. The molecule has 4 nitrogen and oxygen atoms in total. The third-order valence-corrected chi connectivity index (χ3v) is 3.78. The second-order valence-electron chi connectivity index (χ2n) is 4.98. The van der Waals surface area contributed by atoms with Crippen LogP contribution in [0.15, 0.2) is 0 Å². The summed E-state index contributed by atoms with van der Waals surface area (Å²) in [4.78, 5) is 0. The lowest BCUT2D eigenvalue weighted by Gasteiger charge is -2.43. The summed E-state index contributed by atoms with van der Waals surface area (Å²) < 4.78 is 16.8. The fourth-order valence-electron chi connectivity index (χ4n) is 2.77. The molecule has 0 aromatic heterocycles. The van der Waals surface area contributed by atoms with Crippen LogP contribution in [-0.4, -0.2) is 51.2 Å². The third-order valence-electron chi connectivity index (χ3n) is 3.78. The minimum atomic E-state index is 0.0970. The van der Waals surface area contributed by atoms with Gasteiger partial charge in [0, 0.05) is 39.0 Å². The molecule has 2 aliphatic heterocycles. The van der Waals surface area contributed by atoms with Crippen molar-refractivity contribution in [2.75, 3.05) is 39.6 Å². The van der Waals surface area contributed by atoms with Gasteiger partial charge in [-0.15, -0.1) is 0 Å². The van der Waals surface area contributed by atoms with Gasteiger partial charge >= 0.3 is 0 Å². The van der Waals surface area contributed by atoms with Crippen LogP contribution in [0.4, 0.5) is 0 Å². The zero-order valence-corrected chi connectivity index (χ0v) is 10.9. The average molecular weight is 243 g/mol. The topological polar surface area (TPSA) is 39.7 Å². The normalized spacial score (nSPS) is 28.4. The fraction of sp³-hybridized carbons (Fsp3) is 1.00. The van der Waals surface area contributed by atoms with Crippen molar-refractivity contribution >= 4 is 0 Å². The first kappa shape index (κ1) is 13.3. The number of ether oxygens (including phenoxy) is 3. The lowest BCUT2D eigenvalue weighted by atomic mass is 9.84. The van der Waals surface area contributed by atoms with E-state index in [1.165, 1.54) is 0 Å². The van der Waals surface area contributed by atoms with Crippen molar-refractivity contribution in [3.63, 3.8) is 0 Å². The summed E-state index contributed by atoms with van der Waals surface area (Å²) in [6.45, 7) is 7.18. The van der Waals surface area contributed by atoms with Gasteiger partial charge in [-0.2, -0.15) is 0 Å².